The van der Waals surface area contributed by atoms with E-state index in [0.717, 1.165) is 18.5 Å². The number of hydrogen-bond donors (Lipinski definition) is 1. The van der Waals surface area contributed by atoms with Crippen molar-refractivity contribution in [3.05, 3.63) is 34.9 Å². The number of amides is 1. The van der Waals surface area contributed by atoms with E-state index in [4.69, 9.17) is 0 Å². The van der Waals surface area contributed by atoms with Crippen LogP contribution in [0.2, 0.25) is 0 Å². The molecule has 0 unspecified atom stereocenters. The van der Waals surface area contributed by atoms with Gasteiger partial charge in [0.05, 0.1) is 0 Å². The van der Waals surface area contributed by atoms with E-state index in [1.807, 2.05) is 6.07 Å². The Kier molecular flexibility index (Phi) is 3.28. The van der Waals surface area contributed by atoms with Crippen LogP contribution in [0, 0.1) is 0 Å². The summed E-state index contributed by atoms with van der Waals surface area (Å²) in [6, 6.07) is 6.32. The van der Waals surface area contributed by atoms with E-state index in [-0.39, 0.29) is 5.91 Å². The second-order valence-corrected chi connectivity index (χ2v) is 4.44. The SMILES string of the molecule is CCC(CC)c1ccc2c(c1)CCNC2=O. The van der Waals surface area contributed by atoms with Crippen LogP contribution in [-0.2, 0) is 6.42 Å². The molecule has 0 spiro atoms. The van der Waals surface area contributed by atoms with Crippen molar-refractivity contribution >= 4 is 5.91 Å². The molecule has 0 aromatic heterocycles. The largest absolute Gasteiger partial charge is 0.352 e. The third kappa shape index (κ3) is 1.97. The molecule has 16 heavy (non-hydrogen) atoms. The van der Waals surface area contributed by atoms with E-state index in [2.05, 4.69) is 31.3 Å². The van der Waals surface area contributed by atoms with E-state index in [1.165, 1.54) is 24.0 Å². The molecule has 0 bridgehead atoms. The molecule has 2 heteroatoms. The summed E-state index contributed by atoms with van der Waals surface area (Å²) in [5.74, 6) is 0.715. The van der Waals surface area contributed by atoms with Crippen molar-refractivity contribution in [1.29, 1.82) is 0 Å². The van der Waals surface area contributed by atoms with Gasteiger partial charge in [-0.05, 0) is 42.4 Å². The quantitative estimate of drug-likeness (QED) is 0.828. The molecule has 0 radical (unpaired) electrons. The van der Waals surface area contributed by atoms with Crippen molar-refractivity contribution < 1.29 is 4.79 Å². The first-order valence-electron chi connectivity index (χ1n) is 6.17. The maximum atomic E-state index is 11.6. The van der Waals surface area contributed by atoms with E-state index >= 15 is 0 Å². The van der Waals surface area contributed by atoms with Crippen molar-refractivity contribution in [3.63, 3.8) is 0 Å². The monoisotopic (exact) mass is 217 g/mol. The molecule has 0 fully saturated rings. The summed E-state index contributed by atoms with van der Waals surface area (Å²) in [5, 5.41) is 2.88. The van der Waals surface area contributed by atoms with Crippen molar-refractivity contribution in [2.45, 2.75) is 39.0 Å². The zero-order valence-electron chi connectivity index (χ0n) is 10.0. The van der Waals surface area contributed by atoms with Gasteiger partial charge < -0.3 is 5.32 Å². The number of rotatable bonds is 3. The van der Waals surface area contributed by atoms with Crippen molar-refractivity contribution in [1.82, 2.24) is 5.32 Å². The molecule has 0 saturated heterocycles. The van der Waals surface area contributed by atoms with Gasteiger partial charge in [-0.2, -0.15) is 0 Å². The highest BCUT2D eigenvalue weighted by Gasteiger charge is 2.17. The van der Waals surface area contributed by atoms with Crippen molar-refractivity contribution in [2.75, 3.05) is 6.54 Å². The predicted octanol–water partition coefficient (Wildman–Crippen LogP) is 2.88. The summed E-state index contributed by atoms with van der Waals surface area (Å²) in [6.07, 6.45) is 3.30. The number of carbonyl (C=O) groups is 1. The number of nitrogens with one attached hydrogen (secondary N) is 1. The summed E-state index contributed by atoms with van der Waals surface area (Å²) in [6.45, 7) is 5.22. The summed E-state index contributed by atoms with van der Waals surface area (Å²) in [5.41, 5.74) is 3.47. The average molecular weight is 217 g/mol. The van der Waals surface area contributed by atoms with Crippen LogP contribution in [0.5, 0.6) is 0 Å². The topological polar surface area (TPSA) is 29.1 Å². The summed E-state index contributed by atoms with van der Waals surface area (Å²) in [7, 11) is 0. The molecule has 1 heterocycles. The molecule has 1 aliphatic rings. The van der Waals surface area contributed by atoms with Crippen LogP contribution in [0.3, 0.4) is 0 Å². The van der Waals surface area contributed by atoms with Gasteiger partial charge >= 0.3 is 0 Å². The minimum atomic E-state index is 0.0809. The molecular weight excluding hydrogens is 198 g/mol. The van der Waals surface area contributed by atoms with Gasteiger partial charge in [0, 0.05) is 12.1 Å². The molecule has 1 aliphatic heterocycles. The molecule has 0 aliphatic carbocycles. The Morgan fingerprint density at radius 3 is 2.75 bits per heavy atom. The Morgan fingerprint density at radius 2 is 2.06 bits per heavy atom. The van der Waals surface area contributed by atoms with Gasteiger partial charge in [-0.25, -0.2) is 0 Å². The maximum Gasteiger partial charge on any atom is 0.251 e. The van der Waals surface area contributed by atoms with Gasteiger partial charge in [0.1, 0.15) is 0 Å². The normalized spacial score (nSPS) is 14.8. The molecule has 86 valence electrons. The average Bonchev–Trinajstić information content (AvgIpc) is 2.31. The molecule has 1 aromatic rings. The van der Waals surface area contributed by atoms with Crippen molar-refractivity contribution in [3.8, 4) is 0 Å². The Hall–Kier alpha value is -1.31. The number of fused-ring (bicyclic) bond motifs is 1. The van der Waals surface area contributed by atoms with Crippen LogP contribution >= 0.6 is 0 Å². The minimum absolute atomic E-state index is 0.0809. The van der Waals surface area contributed by atoms with E-state index in [0.29, 0.717) is 5.92 Å². The van der Waals surface area contributed by atoms with Crippen molar-refractivity contribution in [2.24, 2.45) is 0 Å². The fraction of sp³-hybridized carbons (Fsp3) is 0.500. The minimum Gasteiger partial charge on any atom is -0.352 e. The number of benzene rings is 1. The van der Waals surface area contributed by atoms with Gasteiger partial charge in [0.25, 0.3) is 5.91 Å². The third-order valence-electron chi connectivity index (χ3n) is 3.51. The standard InChI is InChI=1S/C14H19NO/c1-3-10(4-2)11-5-6-13-12(9-11)7-8-15-14(13)16/h5-6,9-10H,3-4,7-8H2,1-2H3,(H,15,16). The molecule has 2 rings (SSSR count). The molecular formula is C14H19NO. The zero-order valence-corrected chi connectivity index (χ0v) is 10.0. The van der Waals surface area contributed by atoms with Crippen LogP contribution in [0.25, 0.3) is 0 Å². The van der Waals surface area contributed by atoms with E-state index in [9.17, 15) is 4.79 Å². The van der Waals surface area contributed by atoms with Gasteiger partial charge in [0.15, 0.2) is 0 Å². The molecule has 1 amide bonds. The first-order chi connectivity index (χ1) is 7.76. The van der Waals surface area contributed by atoms with E-state index in [1.54, 1.807) is 0 Å². The molecule has 1 N–H and O–H groups in total. The van der Waals surface area contributed by atoms with Gasteiger partial charge in [-0.3, -0.25) is 4.79 Å². The van der Waals surface area contributed by atoms with Gasteiger partial charge in [-0.15, -0.1) is 0 Å². The highest BCUT2D eigenvalue weighted by molar-refractivity contribution is 5.96. The first kappa shape index (κ1) is 11.2. The number of hydrogen-bond acceptors (Lipinski definition) is 1. The lowest BCUT2D eigenvalue weighted by Crippen LogP contribution is -2.31. The summed E-state index contributed by atoms with van der Waals surface area (Å²) in [4.78, 5) is 11.6. The predicted molar refractivity (Wildman–Crippen MR) is 65.8 cm³/mol. The third-order valence-corrected chi connectivity index (χ3v) is 3.51. The Morgan fingerprint density at radius 1 is 1.31 bits per heavy atom. The van der Waals surface area contributed by atoms with Crippen LogP contribution in [-0.4, -0.2) is 12.5 Å². The summed E-state index contributed by atoms with van der Waals surface area (Å²) >= 11 is 0. The molecule has 1 aromatic carbocycles. The molecule has 0 atom stereocenters. The maximum absolute atomic E-state index is 11.6. The van der Waals surface area contributed by atoms with Crippen LogP contribution in [0.4, 0.5) is 0 Å². The Labute approximate surface area is 97.1 Å². The highest BCUT2D eigenvalue weighted by atomic mass is 16.1. The lowest BCUT2D eigenvalue weighted by molar-refractivity contribution is 0.0946. The zero-order chi connectivity index (χ0) is 11.5. The fourth-order valence-electron chi connectivity index (χ4n) is 2.46. The number of carbonyl (C=O) groups excluding carboxylic acids is 1. The lowest BCUT2D eigenvalue weighted by Gasteiger charge is -2.20. The second-order valence-electron chi connectivity index (χ2n) is 4.44. The van der Waals surface area contributed by atoms with Crippen LogP contribution in [0.15, 0.2) is 18.2 Å². The summed E-state index contributed by atoms with van der Waals surface area (Å²) < 4.78 is 0. The van der Waals surface area contributed by atoms with Gasteiger partial charge in [0.2, 0.25) is 0 Å². The van der Waals surface area contributed by atoms with E-state index < -0.39 is 0 Å². The molecule has 2 nitrogen and oxygen atoms in total. The highest BCUT2D eigenvalue weighted by Crippen LogP contribution is 2.26. The fourth-order valence-corrected chi connectivity index (χ4v) is 2.46. The Balaban J connectivity index is 2.34. The van der Waals surface area contributed by atoms with Crippen LogP contribution in [0.1, 0.15) is 54.1 Å². The Bertz CT molecular complexity index is 394. The van der Waals surface area contributed by atoms with Crippen LogP contribution < -0.4 is 5.32 Å². The first-order valence-corrected chi connectivity index (χ1v) is 6.17. The molecule has 0 saturated carbocycles. The smallest absolute Gasteiger partial charge is 0.251 e. The second kappa shape index (κ2) is 4.69. The van der Waals surface area contributed by atoms with Gasteiger partial charge in [-0.1, -0.05) is 26.0 Å². The lowest BCUT2D eigenvalue weighted by atomic mass is 9.89.